The molecule has 0 aliphatic rings. The molecule has 0 radical (unpaired) electrons. The first-order valence-corrected chi connectivity index (χ1v) is 10.9. The fourth-order valence-corrected chi connectivity index (χ4v) is 3.35. The van der Waals surface area contributed by atoms with E-state index in [1.54, 1.807) is 24.3 Å². The average Bonchev–Trinajstić information content (AvgIpc) is 2.83. The standard InChI is InChI=1S/C26H30N4O3/c1-3-32-22-15-12-20(16-23(22)33-4-2)24(26(31)29-17-18-8-6-5-7-9-18)30-21-13-10-19(11-14-21)25(27)28/h5-16,24,30H,3-4,17H2,1-2H3,(H3,27,28)(H,29,31)/t24-/m0/s1. The van der Waals surface area contributed by atoms with Crippen LogP contribution in [0.5, 0.6) is 11.5 Å². The van der Waals surface area contributed by atoms with E-state index in [1.165, 1.54) is 0 Å². The first kappa shape index (κ1) is 23.7. The highest BCUT2D eigenvalue weighted by atomic mass is 16.5. The third kappa shape index (κ3) is 6.49. The first-order chi connectivity index (χ1) is 16.0. The zero-order valence-electron chi connectivity index (χ0n) is 18.9. The second kappa shape index (κ2) is 11.6. The van der Waals surface area contributed by atoms with E-state index in [2.05, 4.69) is 10.6 Å². The van der Waals surface area contributed by atoms with Gasteiger partial charge in [0.05, 0.1) is 13.2 Å². The van der Waals surface area contributed by atoms with Gasteiger partial charge in [0.1, 0.15) is 11.9 Å². The van der Waals surface area contributed by atoms with Crippen LogP contribution in [0.1, 0.15) is 36.6 Å². The van der Waals surface area contributed by atoms with Gasteiger partial charge in [0.25, 0.3) is 0 Å². The maximum atomic E-state index is 13.3. The Balaban J connectivity index is 1.89. The Kier molecular flexibility index (Phi) is 8.30. The minimum absolute atomic E-state index is 0.00780. The Morgan fingerprint density at radius 1 is 0.939 bits per heavy atom. The van der Waals surface area contributed by atoms with Gasteiger partial charge in [-0.25, -0.2) is 0 Å². The van der Waals surface area contributed by atoms with Gasteiger partial charge >= 0.3 is 0 Å². The van der Waals surface area contributed by atoms with Crippen LogP contribution in [0.3, 0.4) is 0 Å². The molecule has 0 unspecified atom stereocenters. The summed E-state index contributed by atoms with van der Waals surface area (Å²) in [6.07, 6.45) is 0. The number of nitrogens with one attached hydrogen (secondary N) is 3. The van der Waals surface area contributed by atoms with Crippen molar-refractivity contribution in [2.24, 2.45) is 5.73 Å². The SMILES string of the molecule is CCOc1ccc([C@H](Nc2ccc(C(=N)N)cc2)C(=O)NCc2ccccc2)cc1OCC. The number of benzene rings is 3. The topological polar surface area (TPSA) is 109 Å². The molecule has 0 saturated heterocycles. The molecule has 0 spiro atoms. The molecular formula is C26H30N4O3. The molecule has 0 aliphatic carbocycles. The molecule has 3 rings (SSSR count). The number of amidine groups is 1. The summed E-state index contributed by atoms with van der Waals surface area (Å²) in [5, 5.41) is 13.9. The van der Waals surface area contributed by atoms with Crippen molar-refractivity contribution in [3.63, 3.8) is 0 Å². The summed E-state index contributed by atoms with van der Waals surface area (Å²) in [6, 6.07) is 21.7. The molecule has 0 fully saturated rings. The molecule has 0 aromatic heterocycles. The van der Waals surface area contributed by atoms with E-state index < -0.39 is 6.04 Å². The van der Waals surface area contributed by atoms with Crippen LogP contribution in [0.25, 0.3) is 0 Å². The highest BCUT2D eigenvalue weighted by Crippen LogP contribution is 2.32. The second-order valence-corrected chi connectivity index (χ2v) is 7.34. The van der Waals surface area contributed by atoms with Crippen molar-refractivity contribution in [2.45, 2.75) is 26.4 Å². The van der Waals surface area contributed by atoms with Crippen molar-refractivity contribution in [1.29, 1.82) is 5.41 Å². The lowest BCUT2D eigenvalue weighted by Crippen LogP contribution is -2.33. The smallest absolute Gasteiger partial charge is 0.247 e. The van der Waals surface area contributed by atoms with Crippen molar-refractivity contribution in [2.75, 3.05) is 18.5 Å². The summed E-state index contributed by atoms with van der Waals surface area (Å²) in [5.41, 5.74) is 8.65. The minimum Gasteiger partial charge on any atom is -0.490 e. The lowest BCUT2D eigenvalue weighted by molar-refractivity contribution is -0.122. The quantitative estimate of drug-likeness (QED) is 0.260. The number of nitrogens with two attached hydrogens (primary N) is 1. The maximum absolute atomic E-state index is 13.3. The molecule has 1 atom stereocenters. The van der Waals surface area contributed by atoms with Crippen LogP contribution < -0.4 is 25.8 Å². The summed E-state index contributed by atoms with van der Waals surface area (Å²) >= 11 is 0. The normalized spacial score (nSPS) is 11.3. The van der Waals surface area contributed by atoms with Crippen LogP contribution in [0, 0.1) is 5.41 Å². The third-order valence-corrected chi connectivity index (χ3v) is 4.98. The Bertz CT molecular complexity index is 1070. The molecule has 172 valence electrons. The van der Waals surface area contributed by atoms with Gasteiger partial charge in [-0.15, -0.1) is 0 Å². The highest BCUT2D eigenvalue weighted by Gasteiger charge is 2.22. The number of carbonyl (C=O) groups excluding carboxylic acids is 1. The molecule has 33 heavy (non-hydrogen) atoms. The number of rotatable bonds is 11. The zero-order chi connectivity index (χ0) is 23.6. The summed E-state index contributed by atoms with van der Waals surface area (Å²) < 4.78 is 11.4. The van der Waals surface area contributed by atoms with Crippen molar-refractivity contribution >= 4 is 17.4 Å². The van der Waals surface area contributed by atoms with Crippen molar-refractivity contribution < 1.29 is 14.3 Å². The van der Waals surface area contributed by atoms with Gasteiger partial charge in [0.15, 0.2) is 11.5 Å². The van der Waals surface area contributed by atoms with Crippen molar-refractivity contribution in [3.8, 4) is 11.5 Å². The van der Waals surface area contributed by atoms with E-state index in [1.807, 2.05) is 62.4 Å². The van der Waals surface area contributed by atoms with Crippen LogP contribution in [0.4, 0.5) is 5.69 Å². The molecule has 5 N–H and O–H groups in total. The Labute approximate surface area is 194 Å². The van der Waals surface area contributed by atoms with Crippen LogP contribution in [0.2, 0.25) is 0 Å². The van der Waals surface area contributed by atoms with Gasteiger partial charge in [-0.05, 0) is 61.4 Å². The van der Waals surface area contributed by atoms with Gasteiger partial charge in [0.2, 0.25) is 5.91 Å². The molecule has 3 aromatic rings. The highest BCUT2D eigenvalue weighted by molar-refractivity contribution is 5.95. The summed E-state index contributed by atoms with van der Waals surface area (Å²) in [5.74, 6) is 1.04. The lowest BCUT2D eigenvalue weighted by Gasteiger charge is -2.22. The van der Waals surface area contributed by atoms with Crippen LogP contribution in [-0.2, 0) is 11.3 Å². The summed E-state index contributed by atoms with van der Waals surface area (Å²) in [4.78, 5) is 13.3. The molecule has 0 saturated carbocycles. The van der Waals surface area contributed by atoms with Crippen LogP contribution in [0.15, 0.2) is 72.8 Å². The number of amides is 1. The van der Waals surface area contributed by atoms with Crippen molar-refractivity contribution in [3.05, 3.63) is 89.5 Å². The average molecular weight is 447 g/mol. The fraction of sp³-hybridized carbons (Fsp3) is 0.231. The number of ether oxygens (including phenoxy) is 2. The van der Waals surface area contributed by atoms with E-state index in [0.29, 0.717) is 36.8 Å². The van der Waals surface area contributed by atoms with Gasteiger partial charge in [0, 0.05) is 17.8 Å². The lowest BCUT2D eigenvalue weighted by atomic mass is 10.0. The Morgan fingerprint density at radius 2 is 1.61 bits per heavy atom. The molecular weight excluding hydrogens is 416 g/mol. The van der Waals surface area contributed by atoms with Crippen LogP contribution in [-0.4, -0.2) is 25.0 Å². The van der Waals surface area contributed by atoms with Gasteiger partial charge in [-0.3, -0.25) is 10.2 Å². The third-order valence-electron chi connectivity index (χ3n) is 4.98. The molecule has 0 bridgehead atoms. The monoisotopic (exact) mass is 446 g/mol. The fourth-order valence-electron chi connectivity index (χ4n) is 3.35. The first-order valence-electron chi connectivity index (χ1n) is 10.9. The van der Waals surface area contributed by atoms with Gasteiger partial charge in [-0.1, -0.05) is 36.4 Å². The van der Waals surface area contributed by atoms with Gasteiger partial charge < -0.3 is 25.8 Å². The zero-order valence-corrected chi connectivity index (χ0v) is 18.9. The predicted molar refractivity (Wildman–Crippen MR) is 131 cm³/mol. The largest absolute Gasteiger partial charge is 0.490 e. The minimum atomic E-state index is -0.674. The molecule has 7 nitrogen and oxygen atoms in total. The van der Waals surface area contributed by atoms with Crippen molar-refractivity contribution in [1.82, 2.24) is 5.32 Å². The molecule has 1 amide bonds. The molecule has 7 heteroatoms. The van der Waals surface area contributed by atoms with E-state index in [4.69, 9.17) is 20.6 Å². The number of nitrogen functional groups attached to an aromatic ring is 1. The van der Waals surface area contributed by atoms with E-state index in [9.17, 15) is 4.79 Å². The molecule has 0 heterocycles. The predicted octanol–water partition coefficient (Wildman–Crippen LogP) is 4.24. The van der Waals surface area contributed by atoms with E-state index in [-0.39, 0.29) is 11.7 Å². The van der Waals surface area contributed by atoms with Gasteiger partial charge in [-0.2, -0.15) is 0 Å². The van der Waals surface area contributed by atoms with Crippen LogP contribution >= 0.6 is 0 Å². The number of carbonyl (C=O) groups is 1. The van der Waals surface area contributed by atoms with E-state index >= 15 is 0 Å². The number of hydrogen-bond acceptors (Lipinski definition) is 5. The Morgan fingerprint density at radius 3 is 2.24 bits per heavy atom. The number of anilines is 1. The molecule has 3 aromatic carbocycles. The van der Waals surface area contributed by atoms with E-state index in [0.717, 1.165) is 16.8 Å². The second-order valence-electron chi connectivity index (χ2n) is 7.34. The molecule has 0 aliphatic heterocycles. The maximum Gasteiger partial charge on any atom is 0.247 e. The summed E-state index contributed by atoms with van der Waals surface area (Å²) in [7, 11) is 0. The number of hydrogen-bond donors (Lipinski definition) is 4. The Hall–Kier alpha value is -4.00. The summed E-state index contributed by atoms with van der Waals surface area (Å²) in [6.45, 7) is 5.23.